The number of carbonyl (C=O) groups excluding carboxylic acids is 1. The van der Waals surface area contributed by atoms with E-state index in [0.717, 1.165) is 30.4 Å². The van der Waals surface area contributed by atoms with Gasteiger partial charge in [-0.25, -0.2) is 0 Å². The molecule has 74 valence electrons. The van der Waals surface area contributed by atoms with Crippen LogP contribution in [0.3, 0.4) is 0 Å². The van der Waals surface area contributed by atoms with Gasteiger partial charge in [-0.05, 0) is 18.9 Å². The summed E-state index contributed by atoms with van der Waals surface area (Å²) >= 11 is 0. The van der Waals surface area contributed by atoms with Crippen LogP contribution >= 0.6 is 0 Å². The van der Waals surface area contributed by atoms with Crippen molar-refractivity contribution in [2.75, 3.05) is 7.11 Å². The molecular weight excluding hydrogens is 176 g/mol. The summed E-state index contributed by atoms with van der Waals surface area (Å²) in [6, 6.07) is 5.49. The van der Waals surface area contributed by atoms with Gasteiger partial charge < -0.3 is 4.74 Å². The number of benzene rings is 1. The Morgan fingerprint density at radius 3 is 2.86 bits per heavy atom. The van der Waals surface area contributed by atoms with E-state index in [0.29, 0.717) is 5.56 Å². The average molecular weight is 190 g/mol. The SMILES string of the molecule is C=CCCc1c(C=O)cccc1OC. The predicted molar refractivity (Wildman–Crippen MR) is 56.9 cm³/mol. The lowest BCUT2D eigenvalue weighted by Gasteiger charge is -2.09. The fourth-order valence-electron chi connectivity index (χ4n) is 1.40. The van der Waals surface area contributed by atoms with Crippen LogP contribution in [0.4, 0.5) is 0 Å². The van der Waals surface area contributed by atoms with Gasteiger partial charge in [0.15, 0.2) is 0 Å². The summed E-state index contributed by atoms with van der Waals surface area (Å²) in [5.74, 6) is 0.774. The third kappa shape index (κ3) is 2.22. The number of hydrogen-bond acceptors (Lipinski definition) is 2. The molecule has 0 spiro atoms. The lowest BCUT2D eigenvalue weighted by molar-refractivity contribution is 0.112. The van der Waals surface area contributed by atoms with Crippen LogP contribution in [0.2, 0.25) is 0 Å². The van der Waals surface area contributed by atoms with Crippen molar-refractivity contribution in [3.05, 3.63) is 42.0 Å². The topological polar surface area (TPSA) is 26.3 Å². The molecule has 0 aliphatic heterocycles. The molecule has 0 fully saturated rings. The van der Waals surface area contributed by atoms with Crippen LogP contribution < -0.4 is 4.74 Å². The summed E-state index contributed by atoms with van der Waals surface area (Å²) in [5.41, 5.74) is 1.66. The third-order valence-corrected chi connectivity index (χ3v) is 2.11. The molecule has 1 rings (SSSR count). The molecule has 0 bridgehead atoms. The molecule has 0 unspecified atom stereocenters. The van der Waals surface area contributed by atoms with E-state index in [2.05, 4.69) is 6.58 Å². The van der Waals surface area contributed by atoms with Crippen LogP contribution in [-0.2, 0) is 6.42 Å². The molecule has 2 heteroatoms. The van der Waals surface area contributed by atoms with E-state index in [1.54, 1.807) is 13.2 Å². The maximum Gasteiger partial charge on any atom is 0.150 e. The standard InChI is InChI=1S/C12H14O2/c1-3-4-7-11-10(9-13)6-5-8-12(11)14-2/h3,5-6,8-9H,1,4,7H2,2H3. The van der Waals surface area contributed by atoms with Crippen LogP contribution in [0, 0.1) is 0 Å². The fraction of sp³-hybridized carbons (Fsp3) is 0.250. The number of hydrogen-bond donors (Lipinski definition) is 0. The van der Waals surface area contributed by atoms with Crippen molar-refractivity contribution in [1.29, 1.82) is 0 Å². The van der Waals surface area contributed by atoms with Gasteiger partial charge in [0.1, 0.15) is 12.0 Å². The largest absolute Gasteiger partial charge is 0.496 e. The maximum absolute atomic E-state index is 10.8. The molecular formula is C12H14O2. The van der Waals surface area contributed by atoms with E-state index in [9.17, 15) is 4.79 Å². The number of methoxy groups -OCH3 is 1. The number of aldehydes is 1. The first kappa shape index (κ1) is 10.5. The van der Waals surface area contributed by atoms with E-state index in [-0.39, 0.29) is 0 Å². The summed E-state index contributed by atoms with van der Waals surface area (Å²) in [4.78, 5) is 10.8. The van der Waals surface area contributed by atoms with Crippen LogP contribution in [0.5, 0.6) is 5.75 Å². The predicted octanol–water partition coefficient (Wildman–Crippen LogP) is 2.63. The monoisotopic (exact) mass is 190 g/mol. The van der Waals surface area contributed by atoms with Crippen molar-refractivity contribution in [3.63, 3.8) is 0 Å². The van der Waals surface area contributed by atoms with Crippen molar-refractivity contribution < 1.29 is 9.53 Å². The summed E-state index contributed by atoms with van der Waals surface area (Å²) < 4.78 is 5.19. The Labute approximate surface area is 84.2 Å². The minimum atomic E-state index is 0.700. The van der Waals surface area contributed by atoms with E-state index < -0.39 is 0 Å². The third-order valence-electron chi connectivity index (χ3n) is 2.11. The number of ether oxygens (including phenoxy) is 1. The molecule has 0 radical (unpaired) electrons. The first-order valence-electron chi connectivity index (χ1n) is 4.55. The van der Waals surface area contributed by atoms with Gasteiger partial charge in [0.25, 0.3) is 0 Å². The normalized spacial score (nSPS) is 9.50. The van der Waals surface area contributed by atoms with E-state index in [4.69, 9.17) is 4.74 Å². The van der Waals surface area contributed by atoms with Crippen molar-refractivity contribution in [2.45, 2.75) is 12.8 Å². The molecule has 0 aliphatic carbocycles. The summed E-state index contributed by atoms with van der Waals surface area (Å²) in [5, 5.41) is 0. The van der Waals surface area contributed by atoms with Crippen LogP contribution in [0.25, 0.3) is 0 Å². The summed E-state index contributed by atoms with van der Waals surface area (Å²) in [6.07, 6.45) is 4.34. The summed E-state index contributed by atoms with van der Waals surface area (Å²) in [7, 11) is 1.61. The van der Waals surface area contributed by atoms with Gasteiger partial charge in [-0.15, -0.1) is 6.58 Å². The smallest absolute Gasteiger partial charge is 0.150 e. The highest BCUT2D eigenvalue weighted by molar-refractivity contribution is 5.78. The van der Waals surface area contributed by atoms with Gasteiger partial charge in [-0.3, -0.25) is 4.79 Å². The van der Waals surface area contributed by atoms with Crippen LogP contribution in [-0.4, -0.2) is 13.4 Å². The fourth-order valence-corrected chi connectivity index (χ4v) is 1.40. The molecule has 14 heavy (non-hydrogen) atoms. The zero-order valence-corrected chi connectivity index (χ0v) is 8.32. The second-order valence-electron chi connectivity index (χ2n) is 2.97. The maximum atomic E-state index is 10.8. The lowest BCUT2D eigenvalue weighted by Crippen LogP contribution is -1.97. The van der Waals surface area contributed by atoms with Crippen molar-refractivity contribution in [1.82, 2.24) is 0 Å². The Hall–Kier alpha value is -1.57. The van der Waals surface area contributed by atoms with Gasteiger partial charge >= 0.3 is 0 Å². The Bertz CT molecular complexity index is 329. The van der Waals surface area contributed by atoms with Gasteiger partial charge in [-0.1, -0.05) is 18.2 Å². The Balaban J connectivity index is 3.05. The van der Waals surface area contributed by atoms with E-state index in [1.165, 1.54) is 0 Å². The minimum absolute atomic E-state index is 0.700. The van der Waals surface area contributed by atoms with Crippen molar-refractivity contribution in [2.24, 2.45) is 0 Å². The molecule has 0 N–H and O–H groups in total. The number of rotatable bonds is 5. The molecule has 0 amide bonds. The first-order chi connectivity index (χ1) is 6.83. The molecule has 1 aromatic rings. The minimum Gasteiger partial charge on any atom is -0.496 e. The molecule has 0 aliphatic rings. The summed E-state index contributed by atoms with van der Waals surface area (Å²) in [6.45, 7) is 3.66. The molecule has 0 heterocycles. The average Bonchev–Trinajstić information content (AvgIpc) is 2.25. The second-order valence-corrected chi connectivity index (χ2v) is 2.97. The first-order valence-corrected chi connectivity index (χ1v) is 4.55. The highest BCUT2D eigenvalue weighted by atomic mass is 16.5. The Morgan fingerprint density at radius 2 is 2.29 bits per heavy atom. The Kier molecular flexibility index (Phi) is 3.92. The molecule has 0 saturated carbocycles. The quantitative estimate of drug-likeness (QED) is 0.527. The zero-order chi connectivity index (χ0) is 10.4. The highest BCUT2D eigenvalue weighted by Crippen LogP contribution is 2.22. The van der Waals surface area contributed by atoms with Gasteiger partial charge in [0.05, 0.1) is 7.11 Å². The Morgan fingerprint density at radius 1 is 1.50 bits per heavy atom. The van der Waals surface area contributed by atoms with Gasteiger partial charge in [-0.2, -0.15) is 0 Å². The molecule has 0 saturated heterocycles. The molecule has 0 atom stereocenters. The van der Waals surface area contributed by atoms with Gasteiger partial charge in [0, 0.05) is 11.1 Å². The molecule has 0 aromatic heterocycles. The van der Waals surface area contributed by atoms with Crippen LogP contribution in [0.1, 0.15) is 22.3 Å². The molecule has 2 nitrogen and oxygen atoms in total. The van der Waals surface area contributed by atoms with E-state index in [1.807, 2.05) is 18.2 Å². The van der Waals surface area contributed by atoms with E-state index >= 15 is 0 Å². The highest BCUT2D eigenvalue weighted by Gasteiger charge is 2.06. The zero-order valence-electron chi connectivity index (χ0n) is 8.32. The lowest BCUT2D eigenvalue weighted by atomic mass is 10.0. The van der Waals surface area contributed by atoms with Gasteiger partial charge in [0.2, 0.25) is 0 Å². The van der Waals surface area contributed by atoms with Crippen molar-refractivity contribution >= 4 is 6.29 Å². The van der Waals surface area contributed by atoms with Crippen molar-refractivity contribution in [3.8, 4) is 5.75 Å². The number of allylic oxidation sites excluding steroid dienone is 1. The molecule has 1 aromatic carbocycles. The van der Waals surface area contributed by atoms with Crippen LogP contribution in [0.15, 0.2) is 30.9 Å². The number of carbonyl (C=O) groups is 1. The second kappa shape index (κ2) is 5.22.